The molecule has 0 aliphatic carbocycles. The van der Waals surface area contributed by atoms with Gasteiger partial charge in [0.05, 0.1) is 19.0 Å². The van der Waals surface area contributed by atoms with Gasteiger partial charge in [-0.1, -0.05) is 0 Å². The fourth-order valence-electron chi connectivity index (χ4n) is 3.20. The monoisotopic (exact) mass is 379 g/mol. The van der Waals surface area contributed by atoms with E-state index in [0.29, 0.717) is 17.0 Å². The van der Waals surface area contributed by atoms with Crippen LogP contribution in [0.3, 0.4) is 0 Å². The summed E-state index contributed by atoms with van der Waals surface area (Å²) in [5.41, 5.74) is 6.68. The highest BCUT2D eigenvalue weighted by Gasteiger charge is 2.45. The molecule has 27 heavy (non-hydrogen) atoms. The van der Waals surface area contributed by atoms with Gasteiger partial charge in [0.1, 0.15) is 18.5 Å². The molecular formula is C16H25N7O4. The van der Waals surface area contributed by atoms with E-state index in [4.69, 9.17) is 10.5 Å². The van der Waals surface area contributed by atoms with Gasteiger partial charge < -0.3 is 30.9 Å². The predicted octanol–water partition coefficient (Wildman–Crippen LogP) is -1.63. The number of carbonyl (C=O) groups excluding carboxylic acids is 1. The summed E-state index contributed by atoms with van der Waals surface area (Å²) in [6.07, 6.45) is 0.282. The molecule has 0 saturated carbocycles. The smallest absolute Gasteiger partial charge is 0.221 e. The Kier molecular flexibility index (Phi) is 5.56. The summed E-state index contributed by atoms with van der Waals surface area (Å²) < 4.78 is 7.38. The molecule has 0 radical (unpaired) electrons. The number of aliphatic hydroxyl groups is 2. The van der Waals surface area contributed by atoms with Crippen molar-refractivity contribution in [3.8, 4) is 0 Å². The summed E-state index contributed by atoms with van der Waals surface area (Å²) in [5.74, 6) is 0.316. The van der Waals surface area contributed by atoms with Crippen LogP contribution in [0.4, 0.5) is 5.82 Å². The number of aliphatic hydroxyl groups excluding tert-OH is 2. The van der Waals surface area contributed by atoms with Crippen LogP contribution in [0, 0.1) is 0 Å². The van der Waals surface area contributed by atoms with Gasteiger partial charge in [-0.3, -0.25) is 9.36 Å². The van der Waals surface area contributed by atoms with Crippen molar-refractivity contribution in [1.29, 1.82) is 0 Å². The number of nitrogens with zero attached hydrogens (tertiary/aromatic N) is 5. The zero-order chi connectivity index (χ0) is 19.7. The third kappa shape index (κ3) is 3.72. The zero-order valence-corrected chi connectivity index (χ0v) is 15.5. The highest BCUT2D eigenvalue weighted by Crippen LogP contribution is 2.32. The summed E-state index contributed by atoms with van der Waals surface area (Å²) >= 11 is 0. The Hall–Kier alpha value is -2.34. The first kappa shape index (κ1) is 19.4. The lowest BCUT2D eigenvalue weighted by Crippen LogP contribution is -2.49. The predicted molar refractivity (Wildman–Crippen MR) is 96.8 cm³/mol. The highest BCUT2D eigenvalue weighted by molar-refractivity contribution is 5.83. The second kappa shape index (κ2) is 7.72. The molecule has 3 heterocycles. The Morgan fingerprint density at radius 3 is 2.81 bits per heavy atom. The van der Waals surface area contributed by atoms with E-state index in [9.17, 15) is 15.0 Å². The van der Waals surface area contributed by atoms with Gasteiger partial charge in [-0.25, -0.2) is 15.0 Å². The number of fused-ring (bicyclic) bond motifs is 1. The molecule has 11 heteroatoms. The van der Waals surface area contributed by atoms with E-state index in [-0.39, 0.29) is 25.0 Å². The number of hydrogen-bond acceptors (Lipinski definition) is 9. The minimum Gasteiger partial charge on any atom is -0.394 e. The first-order valence-corrected chi connectivity index (χ1v) is 8.67. The van der Waals surface area contributed by atoms with Crippen LogP contribution >= 0.6 is 0 Å². The van der Waals surface area contributed by atoms with Crippen LogP contribution in [-0.4, -0.2) is 80.6 Å². The number of hydrogen-bond donors (Lipinski definition) is 4. The van der Waals surface area contributed by atoms with E-state index in [1.54, 1.807) is 16.4 Å². The second-order valence-corrected chi connectivity index (χ2v) is 6.93. The van der Waals surface area contributed by atoms with Crippen LogP contribution in [0.25, 0.3) is 11.2 Å². The molecule has 0 unspecified atom stereocenters. The summed E-state index contributed by atoms with van der Waals surface area (Å²) in [4.78, 5) is 26.6. The second-order valence-electron chi connectivity index (χ2n) is 6.93. The summed E-state index contributed by atoms with van der Waals surface area (Å²) in [6, 6.07) is -1.09. The molecule has 1 saturated heterocycles. The van der Waals surface area contributed by atoms with Crippen molar-refractivity contribution in [3.05, 3.63) is 12.7 Å². The molecule has 0 aromatic carbocycles. The van der Waals surface area contributed by atoms with Crippen molar-refractivity contribution in [3.63, 3.8) is 0 Å². The van der Waals surface area contributed by atoms with Gasteiger partial charge >= 0.3 is 0 Å². The summed E-state index contributed by atoms with van der Waals surface area (Å²) in [6.45, 7) is 1.36. The van der Waals surface area contributed by atoms with Crippen molar-refractivity contribution in [2.45, 2.75) is 43.9 Å². The van der Waals surface area contributed by atoms with Crippen molar-refractivity contribution in [1.82, 2.24) is 24.8 Å². The lowest BCUT2D eigenvalue weighted by Gasteiger charge is -2.21. The van der Waals surface area contributed by atoms with E-state index in [0.717, 1.165) is 0 Å². The van der Waals surface area contributed by atoms with E-state index in [1.807, 2.05) is 14.1 Å². The molecule has 1 amide bonds. The number of carbonyl (C=O) groups is 1. The van der Waals surface area contributed by atoms with Crippen LogP contribution in [0.2, 0.25) is 0 Å². The molecule has 2 aromatic rings. The van der Waals surface area contributed by atoms with E-state index in [2.05, 4.69) is 20.3 Å². The first-order chi connectivity index (χ1) is 12.8. The largest absolute Gasteiger partial charge is 0.394 e. The standard InChI is InChI=1S/C16H25N7O4/c1-8(17)4-10(25)21-11-9(5-24)27-16(13(11)26)23-7-20-12-14(22(2)3)18-6-19-15(12)23/h6-9,11,13,16,24,26H,4-5,17H2,1-3H3,(H,21,25)/t8-,9+,11+,13+,16+/m0/s1. The molecule has 5 atom stereocenters. The average Bonchev–Trinajstić information content (AvgIpc) is 3.15. The summed E-state index contributed by atoms with van der Waals surface area (Å²) in [5, 5.41) is 23.1. The maximum atomic E-state index is 12.1. The number of rotatable bonds is 6. The van der Waals surface area contributed by atoms with E-state index in [1.165, 1.54) is 12.7 Å². The Labute approximate surface area is 156 Å². The Balaban J connectivity index is 1.88. The van der Waals surface area contributed by atoms with Crippen LogP contribution in [0.15, 0.2) is 12.7 Å². The molecule has 1 aliphatic rings. The molecule has 2 aromatic heterocycles. The molecule has 11 nitrogen and oxygen atoms in total. The van der Waals surface area contributed by atoms with Crippen LogP contribution < -0.4 is 16.0 Å². The lowest BCUT2D eigenvalue weighted by atomic mass is 10.1. The number of amides is 1. The average molecular weight is 379 g/mol. The molecule has 3 rings (SSSR count). The van der Waals surface area contributed by atoms with Crippen molar-refractivity contribution < 1.29 is 19.7 Å². The molecule has 5 N–H and O–H groups in total. The van der Waals surface area contributed by atoms with Gasteiger partial charge in [0.15, 0.2) is 23.2 Å². The maximum Gasteiger partial charge on any atom is 0.221 e. The fourth-order valence-corrected chi connectivity index (χ4v) is 3.20. The molecular weight excluding hydrogens is 354 g/mol. The van der Waals surface area contributed by atoms with Gasteiger partial charge in [0.25, 0.3) is 0 Å². The van der Waals surface area contributed by atoms with Crippen LogP contribution in [0.1, 0.15) is 19.6 Å². The molecule has 1 aliphatic heterocycles. The van der Waals surface area contributed by atoms with Gasteiger partial charge in [-0.15, -0.1) is 0 Å². The third-order valence-corrected chi connectivity index (χ3v) is 4.43. The SMILES string of the molecule is C[C@H](N)CC(=O)N[C@H]1[C@@H](O)[C@H](n2cnc3c(N(C)C)ncnc32)O[C@@H]1CO. The first-order valence-electron chi connectivity index (χ1n) is 8.67. The number of nitrogens with one attached hydrogen (secondary N) is 1. The number of imidazole rings is 1. The van der Waals surface area contributed by atoms with Gasteiger partial charge in [0.2, 0.25) is 5.91 Å². The van der Waals surface area contributed by atoms with Crippen molar-refractivity contribution in [2.24, 2.45) is 5.73 Å². The number of aromatic nitrogens is 4. The maximum absolute atomic E-state index is 12.1. The molecule has 1 fully saturated rings. The van der Waals surface area contributed by atoms with Gasteiger partial charge in [0, 0.05) is 26.6 Å². The van der Waals surface area contributed by atoms with E-state index < -0.39 is 24.5 Å². The minimum atomic E-state index is -1.10. The molecule has 0 bridgehead atoms. The lowest BCUT2D eigenvalue weighted by molar-refractivity contribution is -0.123. The number of nitrogens with two attached hydrogens (primary N) is 1. The van der Waals surface area contributed by atoms with Crippen molar-refractivity contribution in [2.75, 3.05) is 25.6 Å². The van der Waals surface area contributed by atoms with Crippen LogP contribution in [0.5, 0.6) is 0 Å². The fraction of sp³-hybridized carbons (Fsp3) is 0.625. The van der Waals surface area contributed by atoms with Gasteiger partial charge in [-0.2, -0.15) is 0 Å². The van der Waals surface area contributed by atoms with Crippen LogP contribution in [-0.2, 0) is 9.53 Å². The zero-order valence-electron chi connectivity index (χ0n) is 15.5. The Bertz CT molecular complexity index is 809. The number of ether oxygens (including phenoxy) is 1. The molecule has 0 spiro atoms. The normalized spacial score (nSPS) is 26.3. The highest BCUT2D eigenvalue weighted by atomic mass is 16.5. The van der Waals surface area contributed by atoms with Gasteiger partial charge in [-0.05, 0) is 6.92 Å². The summed E-state index contributed by atoms with van der Waals surface area (Å²) in [7, 11) is 3.68. The van der Waals surface area contributed by atoms with Crippen molar-refractivity contribution >= 4 is 22.9 Å². The number of anilines is 1. The topological polar surface area (TPSA) is 152 Å². The Morgan fingerprint density at radius 2 is 2.19 bits per heavy atom. The Morgan fingerprint density at radius 1 is 1.44 bits per heavy atom. The minimum absolute atomic E-state index is 0.111. The van der Waals surface area contributed by atoms with E-state index >= 15 is 0 Å². The third-order valence-electron chi connectivity index (χ3n) is 4.43. The molecule has 148 valence electrons. The quantitative estimate of drug-likeness (QED) is 0.463.